The number of carbonyl (C=O) groups is 1. The summed E-state index contributed by atoms with van der Waals surface area (Å²) < 4.78 is 5.23. The van der Waals surface area contributed by atoms with Crippen molar-refractivity contribution in [2.75, 3.05) is 64.4 Å². The van der Waals surface area contributed by atoms with Crippen molar-refractivity contribution in [3.05, 3.63) is 29.8 Å². The summed E-state index contributed by atoms with van der Waals surface area (Å²) in [4.78, 5) is 19.6. The smallest absolute Gasteiger partial charge is 0.241 e. The Bertz CT molecular complexity index is 570. The second kappa shape index (κ2) is 8.79. The third-order valence-corrected chi connectivity index (χ3v) is 5.26. The number of anilines is 1. The first-order chi connectivity index (χ1) is 12.2. The Morgan fingerprint density at radius 2 is 1.84 bits per heavy atom. The fourth-order valence-electron chi connectivity index (χ4n) is 3.98. The van der Waals surface area contributed by atoms with Crippen LogP contribution in [0.4, 0.5) is 5.69 Å². The van der Waals surface area contributed by atoms with Gasteiger partial charge in [-0.15, -0.1) is 0 Å². The van der Waals surface area contributed by atoms with Crippen LogP contribution in [0.5, 0.6) is 0 Å². The molecule has 1 atom stereocenters. The maximum Gasteiger partial charge on any atom is 0.241 e. The molecule has 1 amide bonds. The van der Waals surface area contributed by atoms with Crippen LogP contribution >= 0.6 is 0 Å². The highest BCUT2D eigenvalue weighted by Crippen LogP contribution is 2.26. The number of rotatable bonds is 6. The number of fused-ring (bicyclic) bond motifs is 1. The van der Waals surface area contributed by atoms with Crippen LogP contribution in [0.25, 0.3) is 0 Å². The Morgan fingerprint density at radius 1 is 1.12 bits per heavy atom. The molecule has 1 aromatic rings. The van der Waals surface area contributed by atoms with E-state index in [4.69, 9.17) is 4.74 Å². The summed E-state index contributed by atoms with van der Waals surface area (Å²) in [5, 5.41) is 0. The molecule has 2 aliphatic heterocycles. The van der Waals surface area contributed by atoms with Crippen molar-refractivity contribution in [3.63, 3.8) is 0 Å². The van der Waals surface area contributed by atoms with E-state index in [9.17, 15) is 4.79 Å². The molecule has 0 aliphatic carbocycles. The number of benzene rings is 1. The van der Waals surface area contributed by atoms with Gasteiger partial charge in [0, 0.05) is 58.7 Å². The Balaban J connectivity index is 1.49. The van der Waals surface area contributed by atoms with Gasteiger partial charge in [0.15, 0.2) is 0 Å². The fraction of sp³-hybridized carbons (Fsp3) is 0.650. The van der Waals surface area contributed by atoms with Gasteiger partial charge in [-0.05, 0) is 30.4 Å². The zero-order valence-electron chi connectivity index (χ0n) is 15.6. The minimum absolute atomic E-state index is 0.244. The van der Waals surface area contributed by atoms with Gasteiger partial charge in [-0.1, -0.05) is 25.1 Å². The average Bonchev–Trinajstić information content (AvgIpc) is 2.63. The maximum absolute atomic E-state index is 12.8. The summed E-state index contributed by atoms with van der Waals surface area (Å²) in [6, 6.07) is 8.33. The molecule has 0 aromatic heterocycles. The van der Waals surface area contributed by atoms with E-state index in [0.717, 1.165) is 64.4 Å². The quantitative estimate of drug-likeness (QED) is 0.789. The molecule has 0 radical (unpaired) electrons. The van der Waals surface area contributed by atoms with Gasteiger partial charge in [0.25, 0.3) is 0 Å². The predicted molar refractivity (Wildman–Crippen MR) is 101 cm³/mol. The number of hydrogen-bond acceptors (Lipinski definition) is 4. The lowest BCUT2D eigenvalue weighted by Gasteiger charge is -2.37. The first kappa shape index (κ1) is 18.4. The lowest BCUT2D eigenvalue weighted by molar-refractivity contribution is -0.120. The van der Waals surface area contributed by atoms with Crippen molar-refractivity contribution in [2.45, 2.75) is 19.8 Å². The topological polar surface area (TPSA) is 36.0 Å². The molecule has 5 heteroatoms. The van der Waals surface area contributed by atoms with Gasteiger partial charge in [-0.3, -0.25) is 9.69 Å². The van der Waals surface area contributed by atoms with E-state index in [0.29, 0.717) is 12.5 Å². The van der Waals surface area contributed by atoms with Crippen molar-refractivity contribution >= 4 is 11.6 Å². The molecule has 1 aromatic carbocycles. The second-order valence-corrected chi connectivity index (χ2v) is 7.41. The number of aryl methyl sites for hydroxylation is 1. The van der Waals surface area contributed by atoms with Crippen molar-refractivity contribution < 1.29 is 9.53 Å². The first-order valence-corrected chi connectivity index (χ1v) is 9.49. The SMILES string of the molecule is COC[C@H](C)CN1CCN(CC(=O)N2CCCc3ccccc32)CC1. The molecule has 0 N–H and O–H groups in total. The standard InChI is InChI=1S/C20H31N3O2/c1-17(16-25-2)14-21-10-12-22(13-11-21)15-20(24)23-9-5-7-18-6-3-4-8-19(18)23/h3-4,6,8,17H,5,7,9-16H2,1-2H3/t17-/m1/s1. The van der Waals surface area contributed by atoms with E-state index >= 15 is 0 Å². The highest BCUT2D eigenvalue weighted by molar-refractivity contribution is 5.95. The highest BCUT2D eigenvalue weighted by atomic mass is 16.5. The van der Waals surface area contributed by atoms with Crippen LogP contribution in [-0.2, 0) is 16.0 Å². The van der Waals surface area contributed by atoms with Crippen LogP contribution in [0.2, 0.25) is 0 Å². The summed E-state index contributed by atoms with van der Waals surface area (Å²) >= 11 is 0. The van der Waals surface area contributed by atoms with Crippen molar-refractivity contribution in [3.8, 4) is 0 Å². The Labute approximate surface area is 151 Å². The minimum Gasteiger partial charge on any atom is -0.384 e. The third-order valence-electron chi connectivity index (χ3n) is 5.26. The number of hydrogen-bond donors (Lipinski definition) is 0. The number of piperazine rings is 1. The monoisotopic (exact) mass is 345 g/mol. The molecular weight excluding hydrogens is 314 g/mol. The lowest BCUT2D eigenvalue weighted by atomic mass is 10.0. The molecule has 0 bridgehead atoms. The average molecular weight is 345 g/mol. The van der Waals surface area contributed by atoms with Gasteiger partial charge < -0.3 is 14.5 Å². The summed E-state index contributed by atoms with van der Waals surface area (Å²) in [6.45, 7) is 9.53. The second-order valence-electron chi connectivity index (χ2n) is 7.41. The van der Waals surface area contributed by atoms with Gasteiger partial charge in [0.2, 0.25) is 5.91 Å². The number of ether oxygens (including phenoxy) is 1. The van der Waals surface area contributed by atoms with Crippen LogP contribution in [-0.4, -0.2) is 75.2 Å². The van der Waals surface area contributed by atoms with E-state index in [-0.39, 0.29) is 5.91 Å². The van der Waals surface area contributed by atoms with Gasteiger partial charge >= 0.3 is 0 Å². The zero-order valence-corrected chi connectivity index (χ0v) is 15.6. The van der Waals surface area contributed by atoms with Crippen molar-refractivity contribution in [1.82, 2.24) is 9.80 Å². The number of nitrogens with zero attached hydrogens (tertiary/aromatic N) is 3. The first-order valence-electron chi connectivity index (χ1n) is 9.49. The Hall–Kier alpha value is -1.43. The van der Waals surface area contributed by atoms with Crippen LogP contribution in [0.15, 0.2) is 24.3 Å². The van der Waals surface area contributed by atoms with E-state index < -0.39 is 0 Å². The molecule has 25 heavy (non-hydrogen) atoms. The third kappa shape index (κ3) is 4.81. The van der Waals surface area contributed by atoms with E-state index in [2.05, 4.69) is 34.9 Å². The molecule has 2 aliphatic rings. The predicted octanol–water partition coefficient (Wildman–Crippen LogP) is 1.87. The van der Waals surface area contributed by atoms with Crippen LogP contribution in [0, 0.1) is 5.92 Å². The Morgan fingerprint density at radius 3 is 2.60 bits per heavy atom. The summed E-state index contributed by atoms with van der Waals surface area (Å²) in [5.41, 5.74) is 2.42. The highest BCUT2D eigenvalue weighted by Gasteiger charge is 2.25. The largest absolute Gasteiger partial charge is 0.384 e. The summed E-state index contributed by atoms with van der Waals surface area (Å²) in [5.74, 6) is 0.802. The van der Waals surface area contributed by atoms with Crippen molar-refractivity contribution in [1.29, 1.82) is 0 Å². The molecule has 0 unspecified atom stereocenters. The minimum atomic E-state index is 0.244. The van der Waals surface area contributed by atoms with Gasteiger partial charge in [0.1, 0.15) is 0 Å². The number of methoxy groups -OCH3 is 1. The molecule has 2 heterocycles. The van der Waals surface area contributed by atoms with Gasteiger partial charge in [-0.2, -0.15) is 0 Å². The van der Waals surface area contributed by atoms with Crippen LogP contribution in [0.1, 0.15) is 18.9 Å². The number of amides is 1. The molecule has 3 rings (SSSR count). The van der Waals surface area contributed by atoms with E-state index in [1.54, 1.807) is 7.11 Å². The summed E-state index contributed by atoms with van der Waals surface area (Å²) in [7, 11) is 1.76. The lowest BCUT2D eigenvalue weighted by Crippen LogP contribution is -2.51. The zero-order chi connectivity index (χ0) is 17.6. The molecule has 5 nitrogen and oxygen atoms in total. The molecule has 1 saturated heterocycles. The maximum atomic E-state index is 12.8. The normalized spacial score (nSPS) is 20.3. The molecule has 1 fully saturated rings. The number of para-hydroxylation sites is 1. The molecule has 0 saturated carbocycles. The van der Waals surface area contributed by atoms with Crippen LogP contribution in [0.3, 0.4) is 0 Å². The van der Waals surface area contributed by atoms with Crippen molar-refractivity contribution in [2.24, 2.45) is 5.92 Å². The molecular formula is C20H31N3O2. The fourth-order valence-corrected chi connectivity index (χ4v) is 3.98. The molecule has 138 valence electrons. The molecule has 0 spiro atoms. The Kier molecular flexibility index (Phi) is 6.45. The number of carbonyl (C=O) groups excluding carboxylic acids is 1. The van der Waals surface area contributed by atoms with Crippen LogP contribution < -0.4 is 4.90 Å². The summed E-state index contributed by atoms with van der Waals surface area (Å²) in [6.07, 6.45) is 2.15. The van der Waals surface area contributed by atoms with Gasteiger partial charge in [0.05, 0.1) is 6.54 Å². The van der Waals surface area contributed by atoms with E-state index in [1.807, 2.05) is 11.0 Å². The van der Waals surface area contributed by atoms with E-state index in [1.165, 1.54) is 5.56 Å². The van der Waals surface area contributed by atoms with Gasteiger partial charge in [-0.25, -0.2) is 0 Å².